The molecule has 9 nitrogen and oxygen atoms in total. The minimum absolute atomic E-state index is 0.0829. The van der Waals surface area contributed by atoms with E-state index in [2.05, 4.69) is 9.48 Å². The Balaban J connectivity index is 1.17. The molecule has 4 aliphatic heterocycles. The van der Waals surface area contributed by atoms with Crippen LogP contribution in [0, 0.1) is 17.2 Å². The second-order valence-corrected chi connectivity index (χ2v) is 12.5. The number of anilines is 1. The van der Waals surface area contributed by atoms with Gasteiger partial charge in [-0.15, -0.1) is 0 Å². The Morgan fingerprint density at radius 2 is 1.53 bits per heavy atom. The predicted molar refractivity (Wildman–Crippen MR) is 152 cm³/mol. The molecule has 2 fully saturated rings. The second-order valence-electron chi connectivity index (χ2n) is 12.5. The summed E-state index contributed by atoms with van der Waals surface area (Å²) in [6.07, 6.45) is 6.29. The van der Waals surface area contributed by atoms with Crippen LogP contribution >= 0.6 is 0 Å². The van der Waals surface area contributed by atoms with Gasteiger partial charge in [-0.2, -0.15) is 5.26 Å². The number of ketones is 4. The number of aryl methyl sites for hydroxylation is 2. The van der Waals surface area contributed by atoms with E-state index < -0.39 is 46.1 Å². The SMILES string of the molecule is N#CC(=C1C(=O)C(c2cc3c4c(c2[O-])CCCN4CCC3)C1=O)C1C(=O)C(=c2cc3c4c(c2O)CCC[N+]=4CCC3)C1=O. The van der Waals surface area contributed by atoms with Crippen LogP contribution in [0.4, 0.5) is 5.69 Å². The number of nitriles is 1. The molecule has 216 valence electrons. The van der Waals surface area contributed by atoms with E-state index >= 15 is 0 Å². The molecule has 0 aromatic heterocycles. The van der Waals surface area contributed by atoms with Gasteiger partial charge < -0.3 is 15.1 Å². The van der Waals surface area contributed by atoms with Gasteiger partial charge in [0.05, 0.1) is 28.4 Å². The van der Waals surface area contributed by atoms with Gasteiger partial charge in [-0.1, -0.05) is 11.8 Å². The largest absolute Gasteiger partial charge is 0.872 e. The number of carbonyl (C=O) groups is 4. The van der Waals surface area contributed by atoms with Crippen LogP contribution in [0.1, 0.15) is 59.4 Å². The summed E-state index contributed by atoms with van der Waals surface area (Å²) in [5.41, 5.74) is 3.32. The van der Waals surface area contributed by atoms with Gasteiger partial charge in [0, 0.05) is 42.4 Å². The smallest absolute Gasteiger partial charge is 0.210 e. The van der Waals surface area contributed by atoms with Crippen molar-refractivity contribution in [2.24, 2.45) is 5.92 Å². The molecule has 2 aliphatic carbocycles. The number of allylic oxidation sites excluding steroid dienone is 2. The van der Waals surface area contributed by atoms with Gasteiger partial charge in [-0.25, -0.2) is 4.58 Å². The fraction of sp³-hybridized carbons (Fsp3) is 0.412. The first-order chi connectivity index (χ1) is 20.8. The number of hydrogen-bond donors (Lipinski definition) is 1. The zero-order valence-electron chi connectivity index (χ0n) is 23.6. The van der Waals surface area contributed by atoms with Crippen LogP contribution in [-0.4, -0.2) is 54.4 Å². The molecule has 2 aromatic carbocycles. The summed E-state index contributed by atoms with van der Waals surface area (Å²) in [5.74, 6) is -5.99. The lowest BCUT2D eigenvalue weighted by Gasteiger charge is -2.41. The topological polar surface area (TPSA) is 142 Å². The van der Waals surface area contributed by atoms with Gasteiger partial charge in [0.25, 0.3) is 0 Å². The van der Waals surface area contributed by atoms with E-state index in [-0.39, 0.29) is 27.9 Å². The molecule has 0 radical (unpaired) electrons. The molecule has 1 N–H and O–H groups in total. The van der Waals surface area contributed by atoms with Crippen LogP contribution in [0.5, 0.6) is 11.5 Å². The van der Waals surface area contributed by atoms with Gasteiger partial charge in [-0.3, -0.25) is 19.2 Å². The molecule has 4 heterocycles. The van der Waals surface area contributed by atoms with Crippen LogP contribution in [-0.2, 0) is 44.9 Å². The normalized spacial score (nSPS) is 23.8. The second kappa shape index (κ2) is 9.21. The number of benzene rings is 2. The number of nitrogens with zero attached hydrogens (tertiary/aromatic N) is 3. The van der Waals surface area contributed by atoms with Crippen molar-refractivity contribution in [2.45, 2.75) is 57.3 Å². The maximum Gasteiger partial charge on any atom is 0.210 e. The highest BCUT2D eigenvalue weighted by atomic mass is 16.3. The Hall–Kier alpha value is -4.58. The molecule has 0 atom stereocenters. The van der Waals surface area contributed by atoms with Crippen molar-refractivity contribution in [1.82, 2.24) is 4.58 Å². The monoisotopic (exact) mass is 575 g/mol. The highest BCUT2D eigenvalue weighted by Crippen LogP contribution is 2.48. The van der Waals surface area contributed by atoms with Crippen molar-refractivity contribution >= 4 is 34.4 Å². The Kier molecular flexibility index (Phi) is 5.58. The fourth-order valence-electron chi connectivity index (χ4n) is 8.35. The summed E-state index contributed by atoms with van der Waals surface area (Å²) in [6, 6.07) is 5.19. The minimum Gasteiger partial charge on any atom is -0.872 e. The van der Waals surface area contributed by atoms with E-state index in [1.165, 1.54) is 0 Å². The average Bonchev–Trinajstić information content (AvgIpc) is 3.02. The standard InChI is InChI=1S/C34H29N3O6/c35-15-22(25-31(40)23(32(25)41)20-13-16-5-1-9-36-11-3-7-18(27(16)36)29(20)38)26-33(42)24(34(26)43)21-14-17-6-2-10-37-12-4-8-19(28(17)37)30(21)39/h13-14,23,26,38H,1-12H2. The number of carbonyl (C=O) groups excluding carboxylic acids is 4. The van der Waals surface area contributed by atoms with Crippen molar-refractivity contribution in [2.75, 3.05) is 31.1 Å². The van der Waals surface area contributed by atoms with E-state index in [0.717, 1.165) is 92.4 Å². The fourth-order valence-corrected chi connectivity index (χ4v) is 8.35. The van der Waals surface area contributed by atoms with Crippen LogP contribution < -0.4 is 25.2 Å². The van der Waals surface area contributed by atoms with Gasteiger partial charge in [0.2, 0.25) is 5.36 Å². The lowest BCUT2D eigenvalue weighted by molar-refractivity contribution is -0.270. The first kappa shape index (κ1) is 26.1. The van der Waals surface area contributed by atoms with Crippen molar-refractivity contribution in [3.05, 3.63) is 61.7 Å². The van der Waals surface area contributed by atoms with Crippen LogP contribution in [0.2, 0.25) is 0 Å². The molecular weight excluding hydrogens is 546 g/mol. The quantitative estimate of drug-likeness (QED) is 0.176. The van der Waals surface area contributed by atoms with Crippen molar-refractivity contribution in [1.29, 1.82) is 5.26 Å². The van der Waals surface area contributed by atoms with Crippen LogP contribution in [0.15, 0.2) is 23.3 Å². The minimum atomic E-state index is -1.56. The zero-order valence-corrected chi connectivity index (χ0v) is 23.6. The molecule has 0 unspecified atom stereocenters. The number of Topliss-reactive ketones (excluding diaryl/α,β-unsaturated/α-hetero) is 4. The lowest BCUT2D eigenvalue weighted by Crippen LogP contribution is -2.49. The lowest BCUT2D eigenvalue weighted by atomic mass is 9.64. The Morgan fingerprint density at radius 3 is 2.26 bits per heavy atom. The van der Waals surface area contributed by atoms with E-state index in [1.54, 1.807) is 18.2 Å². The van der Waals surface area contributed by atoms with Crippen LogP contribution in [0.25, 0.3) is 5.57 Å². The molecular formula is C34H29N3O6. The van der Waals surface area contributed by atoms with Crippen LogP contribution in [0.3, 0.4) is 0 Å². The molecule has 0 spiro atoms. The maximum atomic E-state index is 13.5. The first-order valence-corrected chi connectivity index (χ1v) is 15.2. The third-order valence-corrected chi connectivity index (χ3v) is 10.3. The molecule has 8 rings (SSSR count). The Bertz CT molecular complexity index is 1920. The van der Waals surface area contributed by atoms with E-state index in [9.17, 15) is 34.7 Å². The Morgan fingerprint density at radius 1 is 0.884 bits per heavy atom. The molecule has 0 bridgehead atoms. The summed E-state index contributed by atoms with van der Waals surface area (Å²) in [4.78, 5) is 56.1. The van der Waals surface area contributed by atoms with Gasteiger partial charge in [0.15, 0.2) is 23.1 Å². The molecule has 6 aliphatic rings. The van der Waals surface area contributed by atoms with E-state index in [1.807, 2.05) is 0 Å². The summed E-state index contributed by atoms with van der Waals surface area (Å²) >= 11 is 0. The van der Waals surface area contributed by atoms with Gasteiger partial charge in [-0.05, 0) is 61.3 Å². The molecule has 43 heavy (non-hydrogen) atoms. The highest BCUT2D eigenvalue weighted by Gasteiger charge is 2.54. The number of aromatic hydroxyl groups is 1. The van der Waals surface area contributed by atoms with E-state index in [0.29, 0.717) is 18.4 Å². The van der Waals surface area contributed by atoms with Gasteiger partial charge in [0.1, 0.15) is 30.7 Å². The highest BCUT2D eigenvalue weighted by molar-refractivity contribution is 6.58. The number of phenolic OH excluding ortho intramolecular Hbond substituents is 1. The average molecular weight is 576 g/mol. The summed E-state index contributed by atoms with van der Waals surface area (Å²) in [7, 11) is 0. The summed E-state index contributed by atoms with van der Waals surface area (Å²) < 4.78 is 2.24. The van der Waals surface area contributed by atoms with Crippen molar-refractivity contribution in [3.8, 4) is 17.6 Å². The molecule has 9 heteroatoms. The Labute approximate surface area is 247 Å². The third-order valence-electron chi connectivity index (χ3n) is 10.3. The maximum absolute atomic E-state index is 13.5. The molecule has 2 aromatic rings. The molecule has 0 saturated heterocycles. The molecule has 2 saturated carbocycles. The number of rotatable bonds is 2. The van der Waals surface area contributed by atoms with Gasteiger partial charge >= 0.3 is 0 Å². The molecule has 0 amide bonds. The number of phenols is 1. The predicted octanol–water partition coefficient (Wildman–Crippen LogP) is 0.223. The van der Waals surface area contributed by atoms with Crippen molar-refractivity contribution in [3.63, 3.8) is 0 Å². The van der Waals surface area contributed by atoms with Crippen molar-refractivity contribution < 1.29 is 29.4 Å². The summed E-state index contributed by atoms with van der Waals surface area (Å²) in [5, 5.41) is 35.8. The first-order valence-electron chi connectivity index (χ1n) is 15.2. The summed E-state index contributed by atoms with van der Waals surface area (Å²) in [6.45, 7) is 3.56. The zero-order chi connectivity index (χ0) is 29.7. The third kappa shape index (κ3) is 3.40. The van der Waals surface area contributed by atoms with E-state index in [4.69, 9.17) is 0 Å². The number of hydrogen-bond acceptors (Lipinski definition) is 8.